The van der Waals surface area contributed by atoms with Crippen LogP contribution < -0.4 is 0 Å². The molecule has 0 aliphatic heterocycles. The van der Waals surface area contributed by atoms with Crippen molar-refractivity contribution in [1.29, 1.82) is 0 Å². The average molecular weight is 150 g/mol. The highest BCUT2D eigenvalue weighted by Crippen LogP contribution is 2.40. The van der Waals surface area contributed by atoms with Gasteiger partial charge in [0.25, 0.3) is 0 Å². The zero-order valence-electron chi connectivity index (χ0n) is 6.46. The van der Waals surface area contributed by atoms with Crippen LogP contribution in [0.3, 0.4) is 0 Å². The molecule has 2 rings (SSSR count). The predicted octanol–water partition coefficient (Wildman–Crippen LogP) is 2.36. The molecule has 0 spiro atoms. The number of hydrogen-bond acceptors (Lipinski definition) is 2. The van der Waals surface area contributed by atoms with Crippen LogP contribution in [-0.4, -0.2) is 5.78 Å². The van der Waals surface area contributed by atoms with Gasteiger partial charge in [0, 0.05) is 12.8 Å². The van der Waals surface area contributed by atoms with Gasteiger partial charge in [-0.3, -0.25) is 4.79 Å². The second-order valence-electron chi connectivity index (χ2n) is 3.03. The van der Waals surface area contributed by atoms with Crippen molar-refractivity contribution in [2.24, 2.45) is 0 Å². The Kier molecular flexibility index (Phi) is 1.34. The van der Waals surface area contributed by atoms with E-state index in [1.165, 1.54) is 19.8 Å². The molecule has 0 amide bonds. The molecule has 0 atom stereocenters. The predicted molar refractivity (Wildman–Crippen MR) is 40.7 cm³/mol. The largest absolute Gasteiger partial charge is 0.458 e. The van der Waals surface area contributed by atoms with E-state index in [1.807, 2.05) is 6.07 Å². The van der Waals surface area contributed by atoms with Gasteiger partial charge in [0.15, 0.2) is 11.5 Å². The molecule has 0 aromatic carbocycles. The highest BCUT2D eigenvalue weighted by atomic mass is 16.3. The normalized spacial score (nSPS) is 16.8. The molecule has 1 heterocycles. The van der Waals surface area contributed by atoms with Gasteiger partial charge in [-0.2, -0.15) is 0 Å². The van der Waals surface area contributed by atoms with Gasteiger partial charge in [-0.15, -0.1) is 0 Å². The molecule has 0 saturated heterocycles. The number of ketones is 1. The van der Waals surface area contributed by atoms with Crippen LogP contribution in [0.5, 0.6) is 0 Å². The molecule has 1 aromatic heterocycles. The van der Waals surface area contributed by atoms with Crippen LogP contribution in [0, 0.1) is 0 Å². The molecular weight excluding hydrogens is 140 g/mol. The van der Waals surface area contributed by atoms with E-state index in [2.05, 4.69) is 0 Å². The Morgan fingerprint density at radius 1 is 1.55 bits per heavy atom. The monoisotopic (exact) mass is 150 g/mol. The summed E-state index contributed by atoms with van der Waals surface area (Å²) in [6.07, 6.45) is 2.43. The maximum Gasteiger partial charge on any atom is 0.194 e. The molecule has 0 N–H and O–H groups in total. The lowest BCUT2D eigenvalue weighted by atomic mass is 10.3. The topological polar surface area (TPSA) is 30.2 Å². The minimum atomic E-state index is 0.0110. The summed E-state index contributed by atoms with van der Waals surface area (Å²) in [5, 5.41) is 0. The van der Waals surface area contributed by atoms with Gasteiger partial charge in [-0.05, 0) is 25.0 Å². The maximum absolute atomic E-state index is 10.8. The number of carbonyl (C=O) groups excluding carboxylic acids is 1. The lowest BCUT2D eigenvalue weighted by Gasteiger charge is -1.88. The molecule has 1 aliphatic rings. The average Bonchev–Trinajstić information content (AvgIpc) is 2.68. The zero-order valence-corrected chi connectivity index (χ0v) is 6.46. The van der Waals surface area contributed by atoms with Crippen LogP contribution in [0.2, 0.25) is 0 Å². The minimum absolute atomic E-state index is 0.0110. The summed E-state index contributed by atoms with van der Waals surface area (Å²) < 4.78 is 5.32. The van der Waals surface area contributed by atoms with Gasteiger partial charge >= 0.3 is 0 Å². The zero-order chi connectivity index (χ0) is 7.84. The van der Waals surface area contributed by atoms with E-state index >= 15 is 0 Å². The number of hydrogen-bond donors (Lipinski definition) is 0. The number of furan rings is 1. The summed E-state index contributed by atoms with van der Waals surface area (Å²) in [5.41, 5.74) is 0. The van der Waals surface area contributed by atoms with Crippen molar-refractivity contribution in [3.8, 4) is 0 Å². The first kappa shape index (κ1) is 6.65. The van der Waals surface area contributed by atoms with Crippen LogP contribution in [0.25, 0.3) is 0 Å². The number of carbonyl (C=O) groups is 1. The molecule has 11 heavy (non-hydrogen) atoms. The molecule has 1 aromatic rings. The van der Waals surface area contributed by atoms with Crippen molar-refractivity contribution < 1.29 is 9.21 Å². The van der Waals surface area contributed by atoms with Crippen LogP contribution in [0.15, 0.2) is 16.5 Å². The van der Waals surface area contributed by atoms with Gasteiger partial charge in [0.1, 0.15) is 5.76 Å². The summed E-state index contributed by atoms with van der Waals surface area (Å²) >= 11 is 0. The van der Waals surface area contributed by atoms with E-state index in [0.29, 0.717) is 11.7 Å². The Morgan fingerprint density at radius 2 is 2.27 bits per heavy atom. The van der Waals surface area contributed by atoms with Gasteiger partial charge in [0.05, 0.1) is 0 Å². The van der Waals surface area contributed by atoms with E-state index in [1.54, 1.807) is 6.07 Å². The summed E-state index contributed by atoms with van der Waals surface area (Å²) in [7, 11) is 0. The van der Waals surface area contributed by atoms with Crippen molar-refractivity contribution in [2.75, 3.05) is 0 Å². The summed E-state index contributed by atoms with van der Waals surface area (Å²) in [5.74, 6) is 2.09. The second kappa shape index (κ2) is 2.22. The third-order valence-electron chi connectivity index (χ3n) is 1.95. The van der Waals surface area contributed by atoms with Crippen molar-refractivity contribution in [1.82, 2.24) is 0 Å². The smallest absolute Gasteiger partial charge is 0.194 e. The quantitative estimate of drug-likeness (QED) is 0.606. The highest BCUT2D eigenvalue weighted by molar-refractivity contribution is 5.91. The molecule has 1 fully saturated rings. The molecule has 2 heteroatoms. The molecule has 58 valence electrons. The first-order chi connectivity index (χ1) is 5.27. The fourth-order valence-corrected chi connectivity index (χ4v) is 1.13. The van der Waals surface area contributed by atoms with E-state index in [4.69, 9.17) is 4.42 Å². The van der Waals surface area contributed by atoms with Gasteiger partial charge in [-0.1, -0.05) is 0 Å². The van der Waals surface area contributed by atoms with E-state index in [-0.39, 0.29) is 5.78 Å². The fraction of sp³-hybridized carbons (Fsp3) is 0.444. The number of Topliss-reactive ketones (excluding diaryl/α,β-unsaturated/α-hetero) is 1. The maximum atomic E-state index is 10.8. The van der Waals surface area contributed by atoms with Crippen LogP contribution >= 0.6 is 0 Å². The van der Waals surface area contributed by atoms with Gasteiger partial charge in [0.2, 0.25) is 0 Å². The minimum Gasteiger partial charge on any atom is -0.458 e. The molecule has 0 unspecified atom stereocenters. The van der Waals surface area contributed by atoms with Gasteiger partial charge in [-0.25, -0.2) is 0 Å². The number of rotatable bonds is 2. The Morgan fingerprint density at radius 3 is 2.73 bits per heavy atom. The Balaban J connectivity index is 2.25. The Hall–Kier alpha value is -1.05. The Labute approximate surface area is 65.2 Å². The lowest BCUT2D eigenvalue weighted by Crippen LogP contribution is -1.86. The van der Waals surface area contributed by atoms with E-state index < -0.39 is 0 Å². The van der Waals surface area contributed by atoms with Crippen LogP contribution in [0.1, 0.15) is 42.0 Å². The van der Waals surface area contributed by atoms with E-state index in [0.717, 1.165) is 5.76 Å². The molecule has 0 bridgehead atoms. The van der Waals surface area contributed by atoms with Gasteiger partial charge < -0.3 is 4.42 Å². The molecule has 1 saturated carbocycles. The highest BCUT2D eigenvalue weighted by Gasteiger charge is 2.27. The fourth-order valence-electron chi connectivity index (χ4n) is 1.13. The van der Waals surface area contributed by atoms with Crippen molar-refractivity contribution in [3.63, 3.8) is 0 Å². The SMILES string of the molecule is CC(=O)c1ccc(C2CC2)o1. The standard InChI is InChI=1S/C9H10O2/c1-6(10)8-4-5-9(11-8)7-2-3-7/h4-5,7H,2-3H2,1H3. The van der Waals surface area contributed by atoms with Crippen molar-refractivity contribution in [2.45, 2.75) is 25.7 Å². The summed E-state index contributed by atoms with van der Waals surface area (Å²) in [6.45, 7) is 1.52. The second-order valence-corrected chi connectivity index (χ2v) is 3.03. The third kappa shape index (κ3) is 1.20. The van der Waals surface area contributed by atoms with E-state index in [9.17, 15) is 4.79 Å². The Bertz CT molecular complexity index is 282. The lowest BCUT2D eigenvalue weighted by molar-refractivity contribution is 0.0985. The summed E-state index contributed by atoms with van der Waals surface area (Å²) in [4.78, 5) is 10.8. The summed E-state index contributed by atoms with van der Waals surface area (Å²) in [6, 6.07) is 3.67. The molecule has 0 radical (unpaired) electrons. The molecule has 1 aliphatic carbocycles. The van der Waals surface area contributed by atoms with Crippen molar-refractivity contribution >= 4 is 5.78 Å². The van der Waals surface area contributed by atoms with Crippen LogP contribution in [-0.2, 0) is 0 Å². The first-order valence-corrected chi connectivity index (χ1v) is 3.88. The third-order valence-corrected chi connectivity index (χ3v) is 1.95. The molecule has 2 nitrogen and oxygen atoms in total. The molecular formula is C9H10O2. The van der Waals surface area contributed by atoms with Crippen LogP contribution in [0.4, 0.5) is 0 Å². The first-order valence-electron chi connectivity index (χ1n) is 3.88. The van der Waals surface area contributed by atoms with Crippen molar-refractivity contribution in [3.05, 3.63) is 23.7 Å².